The van der Waals surface area contributed by atoms with Crippen LogP contribution < -0.4 is 4.74 Å². The van der Waals surface area contributed by atoms with E-state index in [1.54, 1.807) is 6.20 Å². The van der Waals surface area contributed by atoms with Gasteiger partial charge in [-0.3, -0.25) is 0 Å². The lowest BCUT2D eigenvalue weighted by Gasteiger charge is -2.39. The molecule has 0 amide bonds. The van der Waals surface area contributed by atoms with Gasteiger partial charge in [-0.05, 0) is 40.8 Å². The summed E-state index contributed by atoms with van der Waals surface area (Å²) in [5.74, 6) is 0.456. The molecule has 1 aromatic heterocycles. The quantitative estimate of drug-likeness (QED) is 0.444. The lowest BCUT2D eigenvalue weighted by Crippen LogP contribution is -2.60. The maximum atomic E-state index is 9.99. The molecule has 1 saturated heterocycles. The van der Waals surface area contributed by atoms with Crippen LogP contribution in [0, 0.1) is 3.57 Å². The van der Waals surface area contributed by atoms with Crippen LogP contribution in [0.3, 0.4) is 0 Å². The van der Waals surface area contributed by atoms with Gasteiger partial charge in [-0.25, -0.2) is 0 Å². The molecule has 0 saturated carbocycles. The molecular weight excluding hydrogens is 405 g/mol. The highest BCUT2D eigenvalue weighted by atomic mass is 127. The molecule has 0 bridgehead atoms. The number of H-pyrrole nitrogens is 1. The van der Waals surface area contributed by atoms with E-state index in [9.17, 15) is 20.4 Å². The fraction of sp³-hybridized carbons (Fsp3) is 0.429. The van der Waals surface area contributed by atoms with E-state index < -0.39 is 37.3 Å². The van der Waals surface area contributed by atoms with Crippen molar-refractivity contribution in [2.75, 3.05) is 6.61 Å². The van der Waals surface area contributed by atoms with Gasteiger partial charge in [0, 0.05) is 20.7 Å². The number of aromatic nitrogens is 1. The van der Waals surface area contributed by atoms with Crippen molar-refractivity contribution in [1.29, 1.82) is 0 Å². The summed E-state index contributed by atoms with van der Waals surface area (Å²) in [6.45, 7) is -0.489. The monoisotopic (exact) mass is 421 g/mol. The summed E-state index contributed by atoms with van der Waals surface area (Å²) >= 11 is 2.18. The molecule has 1 aliphatic rings. The van der Waals surface area contributed by atoms with Gasteiger partial charge in [0.1, 0.15) is 30.2 Å². The number of hydrogen-bond donors (Lipinski definition) is 5. The van der Waals surface area contributed by atoms with Crippen LogP contribution >= 0.6 is 22.6 Å². The van der Waals surface area contributed by atoms with Gasteiger partial charge in [0.2, 0.25) is 6.29 Å². The van der Waals surface area contributed by atoms with Gasteiger partial charge >= 0.3 is 0 Å². The van der Waals surface area contributed by atoms with E-state index in [-0.39, 0.29) is 0 Å². The zero-order valence-corrected chi connectivity index (χ0v) is 13.5. The summed E-state index contributed by atoms with van der Waals surface area (Å²) in [5.41, 5.74) is 0.861. The average molecular weight is 421 g/mol. The van der Waals surface area contributed by atoms with Crippen molar-refractivity contribution >= 4 is 33.5 Å². The highest BCUT2D eigenvalue weighted by Crippen LogP contribution is 2.30. The van der Waals surface area contributed by atoms with E-state index in [0.717, 1.165) is 14.5 Å². The van der Waals surface area contributed by atoms with Gasteiger partial charge in [-0.1, -0.05) is 0 Å². The summed E-state index contributed by atoms with van der Waals surface area (Å²) in [6, 6.07) is 5.75. The van der Waals surface area contributed by atoms with E-state index in [2.05, 4.69) is 27.6 Å². The Balaban J connectivity index is 1.85. The lowest BCUT2D eigenvalue weighted by atomic mass is 9.99. The minimum atomic E-state index is -1.46. The van der Waals surface area contributed by atoms with Crippen LogP contribution in [0.2, 0.25) is 0 Å². The summed E-state index contributed by atoms with van der Waals surface area (Å²) < 4.78 is 12.0. The summed E-state index contributed by atoms with van der Waals surface area (Å²) in [5, 5.41) is 39.5. The molecule has 3 rings (SSSR count). The number of ether oxygens (including phenoxy) is 2. The minimum Gasteiger partial charge on any atom is -0.460 e. The first kappa shape index (κ1) is 16.0. The smallest absolute Gasteiger partial charge is 0.229 e. The van der Waals surface area contributed by atoms with Crippen LogP contribution in [0.15, 0.2) is 24.4 Å². The van der Waals surface area contributed by atoms with Crippen LogP contribution in [0.25, 0.3) is 10.9 Å². The van der Waals surface area contributed by atoms with Crippen molar-refractivity contribution < 1.29 is 29.9 Å². The molecule has 120 valence electrons. The van der Waals surface area contributed by atoms with Gasteiger partial charge in [0.25, 0.3) is 0 Å². The standard InChI is InChI=1S/C14H16INO6/c15-6-1-2-8-7(3-6)9(4-16-8)21-14-13(20)12(19)11(18)10(5-17)22-14/h1-4,10-14,16-20H,5H2/t10?,11-,12?,13-,14+/m0/s1. The Labute approximate surface area is 139 Å². The predicted octanol–water partition coefficient (Wildman–Crippen LogP) is -0.0488. The number of aromatic amines is 1. The highest BCUT2D eigenvalue weighted by molar-refractivity contribution is 14.1. The molecule has 8 heteroatoms. The number of nitrogens with one attached hydrogen (secondary N) is 1. The second kappa shape index (κ2) is 6.30. The Bertz CT molecular complexity index is 660. The number of fused-ring (bicyclic) bond motifs is 1. The first-order chi connectivity index (χ1) is 10.5. The van der Waals surface area contributed by atoms with Gasteiger partial charge < -0.3 is 34.9 Å². The Morgan fingerprint density at radius 3 is 2.68 bits per heavy atom. The number of hydrogen-bond acceptors (Lipinski definition) is 6. The second-order valence-corrected chi connectivity index (χ2v) is 6.40. The average Bonchev–Trinajstić information content (AvgIpc) is 2.90. The first-order valence-corrected chi connectivity index (χ1v) is 7.83. The molecule has 0 spiro atoms. The van der Waals surface area contributed by atoms with Crippen LogP contribution in [0.4, 0.5) is 0 Å². The molecule has 2 aromatic rings. The summed E-state index contributed by atoms with van der Waals surface area (Å²) in [4.78, 5) is 3.04. The number of benzene rings is 1. The number of aliphatic hydroxyl groups is 4. The number of aliphatic hydroxyl groups excluding tert-OH is 4. The van der Waals surface area contributed by atoms with Gasteiger partial charge in [0.15, 0.2) is 0 Å². The molecule has 1 aliphatic heterocycles. The van der Waals surface area contributed by atoms with E-state index in [4.69, 9.17) is 9.47 Å². The van der Waals surface area contributed by atoms with E-state index in [1.165, 1.54) is 0 Å². The molecule has 5 atom stereocenters. The van der Waals surface area contributed by atoms with Crippen LogP contribution in [-0.2, 0) is 4.74 Å². The van der Waals surface area contributed by atoms with Crippen molar-refractivity contribution in [1.82, 2.24) is 4.98 Å². The Hall–Kier alpha value is -0.910. The highest BCUT2D eigenvalue weighted by Gasteiger charge is 2.44. The minimum absolute atomic E-state index is 0.456. The first-order valence-electron chi connectivity index (χ1n) is 6.75. The molecule has 1 aromatic carbocycles. The Kier molecular flexibility index (Phi) is 4.57. The third kappa shape index (κ3) is 2.82. The van der Waals surface area contributed by atoms with E-state index in [1.807, 2.05) is 18.2 Å². The topological polar surface area (TPSA) is 115 Å². The van der Waals surface area contributed by atoms with Crippen molar-refractivity contribution in [3.8, 4) is 5.75 Å². The van der Waals surface area contributed by atoms with E-state index in [0.29, 0.717) is 5.75 Å². The predicted molar refractivity (Wildman–Crippen MR) is 85.4 cm³/mol. The van der Waals surface area contributed by atoms with Crippen molar-refractivity contribution in [2.24, 2.45) is 0 Å². The molecule has 0 radical (unpaired) electrons. The largest absolute Gasteiger partial charge is 0.460 e. The van der Waals surface area contributed by atoms with Crippen LogP contribution in [0.5, 0.6) is 5.75 Å². The fourth-order valence-corrected chi connectivity index (χ4v) is 2.95. The zero-order chi connectivity index (χ0) is 15.9. The van der Waals surface area contributed by atoms with E-state index >= 15 is 0 Å². The number of rotatable bonds is 3. The zero-order valence-electron chi connectivity index (χ0n) is 11.4. The van der Waals surface area contributed by atoms with Crippen LogP contribution in [0.1, 0.15) is 0 Å². The molecule has 0 aliphatic carbocycles. The third-order valence-electron chi connectivity index (χ3n) is 3.70. The van der Waals surface area contributed by atoms with Gasteiger partial charge in [-0.2, -0.15) is 0 Å². The fourth-order valence-electron chi connectivity index (χ4n) is 2.45. The Morgan fingerprint density at radius 2 is 1.95 bits per heavy atom. The van der Waals surface area contributed by atoms with Gasteiger partial charge in [-0.15, -0.1) is 0 Å². The summed E-state index contributed by atoms with van der Waals surface area (Å²) in [7, 11) is 0. The maximum absolute atomic E-state index is 9.99. The Morgan fingerprint density at radius 1 is 1.18 bits per heavy atom. The lowest BCUT2D eigenvalue weighted by molar-refractivity contribution is -0.277. The SMILES string of the molecule is OCC1O[C@@H](Oc2c[nH]c3ccc(I)cc23)[C@@H](O)C(O)[C@H]1O. The van der Waals surface area contributed by atoms with Crippen molar-refractivity contribution in [3.63, 3.8) is 0 Å². The molecule has 1 fully saturated rings. The molecule has 7 nitrogen and oxygen atoms in total. The van der Waals surface area contributed by atoms with Crippen LogP contribution in [-0.4, -0.2) is 62.7 Å². The van der Waals surface area contributed by atoms with Gasteiger partial charge in [0.05, 0.1) is 6.61 Å². The molecule has 5 N–H and O–H groups in total. The molecule has 22 heavy (non-hydrogen) atoms. The maximum Gasteiger partial charge on any atom is 0.229 e. The molecule has 2 unspecified atom stereocenters. The van der Waals surface area contributed by atoms with Crippen molar-refractivity contribution in [3.05, 3.63) is 28.0 Å². The summed E-state index contributed by atoms with van der Waals surface area (Å²) in [6.07, 6.45) is -4.83. The second-order valence-electron chi connectivity index (χ2n) is 5.16. The normalized spacial score (nSPS) is 32.3. The van der Waals surface area contributed by atoms with Crippen molar-refractivity contribution in [2.45, 2.75) is 30.7 Å². The third-order valence-corrected chi connectivity index (χ3v) is 4.37. The molecule has 2 heterocycles. The molecular formula is C14H16INO6. The number of halogens is 1.